The number of aromatic nitrogens is 3. The Morgan fingerprint density at radius 2 is 2.50 bits per heavy atom. The first kappa shape index (κ1) is 11.3. The summed E-state index contributed by atoms with van der Waals surface area (Å²) in [6.07, 6.45) is 2.35. The van der Waals surface area contributed by atoms with Crippen molar-refractivity contribution in [3.8, 4) is 0 Å². The van der Waals surface area contributed by atoms with Crippen LogP contribution in [0.4, 0.5) is 0 Å². The summed E-state index contributed by atoms with van der Waals surface area (Å²) in [4.78, 5) is 0. The quantitative estimate of drug-likeness (QED) is 0.700. The SMILES string of the molecule is CCc1n[nH]c(=S)n1N=Cc1ccc(Br)o1. The minimum atomic E-state index is 0.471. The van der Waals surface area contributed by atoms with Crippen molar-refractivity contribution in [1.29, 1.82) is 0 Å². The van der Waals surface area contributed by atoms with Crippen LogP contribution in [0, 0.1) is 4.77 Å². The molecule has 5 nitrogen and oxygen atoms in total. The molecule has 0 aromatic carbocycles. The van der Waals surface area contributed by atoms with Crippen molar-refractivity contribution < 1.29 is 4.42 Å². The lowest BCUT2D eigenvalue weighted by atomic mass is 10.5. The summed E-state index contributed by atoms with van der Waals surface area (Å²) in [6.45, 7) is 1.99. The van der Waals surface area contributed by atoms with Gasteiger partial charge in [-0.25, -0.2) is 0 Å². The maximum Gasteiger partial charge on any atom is 0.216 e. The third-order valence-electron chi connectivity index (χ3n) is 1.93. The van der Waals surface area contributed by atoms with Crippen LogP contribution in [-0.4, -0.2) is 21.1 Å². The van der Waals surface area contributed by atoms with Gasteiger partial charge in [-0.15, -0.1) is 0 Å². The summed E-state index contributed by atoms with van der Waals surface area (Å²) in [5, 5.41) is 10.9. The van der Waals surface area contributed by atoms with E-state index >= 15 is 0 Å². The van der Waals surface area contributed by atoms with Crippen LogP contribution in [0.2, 0.25) is 0 Å². The zero-order chi connectivity index (χ0) is 11.5. The van der Waals surface area contributed by atoms with Gasteiger partial charge in [-0.1, -0.05) is 6.92 Å². The molecule has 0 aliphatic heterocycles. The lowest BCUT2D eigenvalue weighted by Gasteiger charge is -1.94. The molecule has 0 atom stereocenters. The molecule has 0 aliphatic rings. The second-order valence-corrected chi connectivity index (χ2v) is 4.17. The third-order valence-corrected chi connectivity index (χ3v) is 2.62. The third kappa shape index (κ3) is 2.30. The first-order valence-electron chi connectivity index (χ1n) is 4.66. The van der Waals surface area contributed by atoms with Crippen molar-refractivity contribution in [3.63, 3.8) is 0 Å². The topological polar surface area (TPSA) is 59.1 Å². The average molecular weight is 301 g/mol. The molecule has 0 saturated heterocycles. The Hall–Kier alpha value is -1.21. The van der Waals surface area contributed by atoms with Gasteiger partial charge in [-0.3, -0.25) is 5.10 Å². The molecule has 16 heavy (non-hydrogen) atoms. The van der Waals surface area contributed by atoms with Gasteiger partial charge in [-0.2, -0.15) is 14.9 Å². The van der Waals surface area contributed by atoms with Crippen LogP contribution in [0.25, 0.3) is 0 Å². The van der Waals surface area contributed by atoms with E-state index in [4.69, 9.17) is 16.6 Å². The summed E-state index contributed by atoms with van der Waals surface area (Å²) in [6, 6.07) is 3.61. The largest absolute Gasteiger partial charge is 0.448 e. The van der Waals surface area contributed by atoms with Crippen LogP contribution in [0.5, 0.6) is 0 Å². The van der Waals surface area contributed by atoms with E-state index in [2.05, 4.69) is 31.2 Å². The summed E-state index contributed by atoms with van der Waals surface area (Å²) in [7, 11) is 0. The Bertz CT molecular complexity index is 568. The molecule has 0 amide bonds. The molecule has 0 bridgehead atoms. The number of nitrogens with one attached hydrogen (secondary N) is 1. The molecule has 0 spiro atoms. The minimum Gasteiger partial charge on any atom is -0.448 e. The molecular formula is C9H9BrN4OS. The predicted octanol–water partition coefficient (Wildman–Crippen LogP) is 2.74. The summed E-state index contributed by atoms with van der Waals surface area (Å²) < 4.78 is 8.00. The number of hydrogen-bond acceptors (Lipinski definition) is 4. The van der Waals surface area contributed by atoms with E-state index in [1.165, 1.54) is 0 Å². The van der Waals surface area contributed by atoms with E-state index in [1.807, 2.05) is 13.0 Å². The molecular weight excluding hydrogens is 292 g/mol. The second-order valence-electron chi connectivity index (χ2n) is 3.00. The Morgan fingerprint density at radius 3 is 3.12 bits per heavy atom. The molecule has 2 aromatic heterocycles. The summed E-state index contributed by atoms with van der Waals surface area (Å²) >= 11 is 8.27. The summed E-state index contributed by atoms with van der Waals surface area (Å²) in [5.41, 5.74) is 0. The number of aryl methyl sites for hydroxylation is 1. The van der Waals surface area contributed by atoms with Crippen LogP contribution in [-0.2, 0) is 6.42 Å². The lowest BCUT2D eigenvalue weighted by Crippen LogP contribution is -1.96. The normalized spacial score (nSPS) is 11.4. The van der Waals surface area contributed by atoms with E-state index in [0.29, 0.717) is 15.2 Å². The minimum absolute atomic E-state index is 0.471. The highest BCUT2D eigenvalue weighted by molar-refractivity contribution is 9.10. The molecule has 2 aromatic rings. The van der Waals surface area contributed by atoms with E-state index in [1.54, 1.807) is 17.0 Å². The van der Waals surface area contributed by atoms with E-state index in [-0.39, 0.29) is 0 Å². The van der Waals surface area contributed by atoms with Crippen molar-refractivity contribution in [1.82, 2.24) is 14.9 Å². The van der Waals surface area contributed by atoms with Crippen LogP contribution in [0.15, 0.2) is 26.3 Å². The van der Waals surface area contributed by atoms with Gasteiger partial charge in [0.25, 0.3) is 0 Å². The maximum atomic E-state index is 5.28. The van der Waals surface area contributed by atoms with Gasteiger partial charge in [0.1, 0.15) is 5.76 Å². The Kier molecular flexibility index (Phi) is 3.35. The van der Waals surface area contributed by atoms with Gasteiger partial charge in [0, 0.05) is 6.42 Å². The standard InChI is InChI=1S/C9H9BrN4OS/c1-2-8-12-13-9(16)14(8)11-5-6-3-4-7(10)15-6/h3-5H,2H2,1H3,(H,13,16). The van der Waals surface area contributed by atoms with Gasteiger partial charge < -0.3 is 4.42 Å². The van der Waals surface area contributed by atoms with E-state index < -0.39 is 0 Å². The highest BCUT2D eigenvalue weighted by Crippen LogP contribution is 2.12. The number of hydrogen-bond donors (Lipinski definition) is 1. The first-order valence-corrected chi connectivity index (χ1v) is 5.87. The van der Waals surface area contributed by atoms with Gasteiger partial charge >= 0.3 is 0 Å². The van der Waals surface area contributed by atoms with Crippen molar-refractivity contribution in [2.45, 2.75) is 13.3 Å². The average Bonchev–Trinajstić information content (AvgIpc) is 2.82. The van der Waals surface area contributed by atoms with Crippen molar-refractivity contribution in [3.05, 3.63) is 33.2 Å². The molecule has 0 fully saturated rings. The molecule has 84 valence electrons. The van der Waals surface area contributed by atoms with Crippen molar-refractivity contribution >= 4 is 34.4 Å². The number of rotatable bonds is 3. The first-order chi connectivity index (χ1) is 7.70. The predicted molar refractivity (Wildman–Crippen MR) is 66.2 cm³/mol. The molecule has 2 rings (SSSR count). The molecule has 0 unspecified atom stereocenters. The monoisotopic (exact) mass is 300 g/mol. The van der Waals surface area contributed by atoms with Crippen molar-refractivity contribution in [2.75, 3.05) is 0 Å². The fourth-order valence-electron chi connectivity index (χ4n) is 1.18. The molecule has 0 aliphatic carbocycles. The maximum absolute atomic E-state index is 5.28. The van der Waals surface area contributed by atoms with Gasteiger partial charge in [0.15, 0.2) is 10.5 Å². The number of furan rings is 1. The Morgan fingerprint density at radius 1 is 1.69 bits per heavy atom. The highest BCUT2D eigenvalue weighted by atomic mass is 79.9. The second kappa shape index (κ2) is 4.75. The zero-order valence-corrected chi connectivity index (χ0v) is 10.9. The molecule has 7 heteroatoms. The highest BCUT2D eigenvalue weighted by Gasteiger charge is 2.01. The van der Waals surface area contributed by atoms with Crippen LogP contribution < -0.4 is 0 Å². The van der Waals surface area contributed by atoms with E-state index in [0.717, 1.165) is 12.2 Å². The van der Waals surface area contributed by atoms with Gasteiger partial charge in [-0.05, 0) is 40.3 Å². The van der Waals surface area contributed by atoms with Gasteiger partial charge in [0.05, 0.1) is 6.21 Å². The Labute approximate surface area is 105 Å². The summed E-state index contributed by atoms with van der Waals surface area (Å²) in [5.74, 6) is 1.43. The number of nitrogens with zero attached hydrogens (tertiary/aromatic N) is 3. The zero-order valence-electron chi connectivity index (χ0n) is 8.48. The smallest absolute Gasteiger partial charge is 0.216 e. The molecule has 1 N–H and O–H groups in total. The number of halogens is 1. The van der Waals surface area contributed by atoms with Crippen LogP contribution >= 0.6 is 28.1 Å². The van der Waals surface area contributed by atoms with Crippen LogP contribution in [0.1, 0.15) is 18.5 Å². The molecule has 0 radical (unpaired) electrons. The lowest BCUT2D eigenvalue weighted by molar-refractivity contribution is 0.534. The number of aromatic amines is 1. The van der Waals surface area contributed by atoms with E-state index in [9.17, 15) is 0 Å². The molecule has 0 saturated carbocycles. The van der Waals surface area contributed by atoms with Crippen molar-refractivity contribution in [2.24, 2.45) is 5.10 Å². The van der Waals surface area contributed by atoms with Crippen LogP contribution in [0.3, 0.4) is 0 Å². The molecule has 2 heterocycles. The van der Waals surface area contributed by atoms with Gasteiger partial charge in [0.2, 0.25) is 4.77 Å². The number of H-pyrrole nitrogens is 1. The fourth-order valence-corrected chi connectivity index (χ4v) is 1.70. The fraction of sp³-hybridized carbons (Fsp3) is 0.222. The Balaban J connectivity index is 2.29.